The van der Waals surface area contributed by atoms with E-state index in [1.807, 2.05) is 6.92 Å². The minimum Gasteiger partial charge on any atom is -0.440 e. The van der Waals surface area contributed by atoms with Gasteiger partial charge in [0.05, 0.1) is 0 Å². The second-order valence-corrected chi connectivity index (χ2v) is 4.55. The third-order valence-electron chi connectivity index (χ3n) is 3.42. The van der Waals surface area contributed by atoms with Crippen molar-refractivity contribution in [2.45, 2.75) is 45.3 Å². The van der Waals surface area contributed by atoms with Crippen molar-refractivity contribution >= 4 is 6.09 Å². The summed E-state index contributed by atoms with van der Waals surface area (Å²) < 4.78 is 39.6. The Morgan fingerprint density at radius 3 is 2.53 bits per heavy atom. The van der Waals surface area contributed by atoms with Gasteiger partial charge in [-0.05, 0) is 24.7 Å². The van der Waals surface area contributed by atoms with Gasteiger partial charge in [0.2, 0.25) is 0 Å². The van der Waals surface area contributed by atoms with E-state index in [4.69, 9.17) is 0 Å². The molecule has 1 fully saturated rings. The van der Waals surface area contributed by atoms with E-state index < -0.39 is 18.9 Å². The van der Waals surface area contributed by atoms with E-state index in [2.05, 4.69) is 17.0 Å². The zero-order chi connectivity index (χ0) is 13.1. The molecule has 0 heterocycles. The molecule has 1 N–H and O–H groups in total. The fourth-order valence-electron chi connectivity index (χ4n) is 2.37. The molecule has 3 nitrogen and oxygen atoms in total. The van der Waals surface area contributed by atoms with Gasteiger partial charge in [-0.1, -0.05) is 20.3 Å². The summed E-state index contributed by atoms with van der Waals surface area (Å²) in [6.45, 7) is 2.55. The number of carbonyl (C=O) groups is 1. The number of carbonyl (C=O) groups excluding carboxylic acids is 1. The number of nitrogens with one attached hydrogen (secondary N) is 1. The molecule has 100 valence electrons. The molecule has 1 amide bonds. The van der Waals surface area contributed by atoms with Gasteiger partial charge in [0.1, 0.15) is 0 Å². The number of ether oxygens (including phenoxy) is 1. The van der Waals surface area contributed by atoms with Gasteiger partial charge in [-0.15, -0.1) is 0 Å². The van der Waals surface area contributed by atoms with Gasteiger partial charge in [-0.2, -0.15) is 13.2 Å². The summed E-state index contributed by atoms with van der Waals surface area (Å²) in [4.78, 5) is 11.2. The maximum Gasteiger partial charge on any atom is 0.422 e. The molecule has 3 atom stereocenters. The van der Waals surface area contributed by atoms with Gasteiger partial charge in [0.15, 0.2) is 6.61 Å². The van der Waals surface area contributed by atoms with E-state index in [9.17, 15) is 18.0 Å². The van der Waals surface area contributed by atoms with Crippen molar-refractivity contribution in [1.29, 1.82) is 0 Å². The number of alkyl halides is 3. The molecule has 0 bridgehead atoms. The second kappa shape index (κ2) is 5.60. The van der Waals surface area contributed by atoms with E-state index in [0.29, 0.717) is 11.8 Å². The molecule has 0 aromatic carbocycles. The van der Waals surface area contributed by atoms with E-state index >= 15 is 0 Å². The van der Waals surface area contributed by atoms with Crippen LogP contribution < -0.4 is 5.32 Å². The molecule has 1 aliphatic rings. The Bertz CT molecular complexity index is 268. The van der Waals surface area contributed by atoms with E-state index in [1.54, 1.807) is 0 Å². The first-order chi connectivity index (χ1) is 7.83. The Labute approximate surface area is 98.7 Å². The van der Waals surface area contributed by atoms with Gasteiger partial charge >= 0.3 is 12.3 Å². The molecule has 0 aromatic heterocycles. The van der Waals surface area contributed by atoms with Crippen molar-refractivity contribution < 1.29 is 22.7 Å². The molecular weight excluding hydrogens is 235 g/mol. The Balaban J connectivity index is 2.32. The molecule has 1 saturated carbocycles. The number of alkyl carbamates (subject to hydrolysis) is 1. The van der Waals surface area contributed by atoms with Gasteiger partial charge in [0.25, 0.3) is 0 Å². The van der Waals surface area contributed by atoms with Gasteiger partial charge in [0, 0.05) is 6.04 Å². The standard InChI is InChI=1S/C11H18F3NO2/c1-3-8-4-5-9(7(8)2)15-10(16)17-6-11(12,13)14/h7-9H,3-6H2,1-2H3,(H,15,16). The first-order valence-corrected chi connectivity index (χ1v) is 5.83. The van der Waals surface area contributed by atoms with E-state index in [-0.39, 0.29) is 6.04 Å². The van der Waals surface area contributed by atoms with E-state index in [0.717, 1.165) is 19.3 Å². The normalized spacial score (nSPS) is 29.1. The summed E-state index contributed by atoms with van der Waals surface area (Å²) in [5.41, 5.74) is 0. The lowest BCUT2D eigenvalue weighted by molar-refractivity contribution is -0.160. The fourth-order valence-corrected chi connectivity index (χ4v) is 2.37. The smallest absolute Gasteiger partial charge is 0.422 e. The van der Waals surface area contributed by atoms with Crippen LogP contribution in [0.25, 0.3) is 0 Å². The SMILES string of the molecule is CCC1CCC(NC(=O)OCC(F)(F)F)C1C. The van der Waals surface area contributed by atoms with Crippen LogP contribution >= 0.6 is 0 Å². The van der Waals surface area contributed by atoms with Crippen LogP contribution in [0, 0.1) is 11.8 Å². The monoisotopic (exact) mass is 253 g/mol. The zero-order valence-corrected chi connectivity index (χ0v) is 10.0. The van der Waals surface area contributed by atoms with Gasteiger partial charge in [-0.25, -0.2) is 4.79 Å². The highest BCUT2D eigenvalue weighted by Crippen LogP contribution is 2.33. The van der Waals surface area contributed by atoms with Crippen LogP contribution in [0.2, 0.25) is 0 Å². The molecule has 3 unspecified atom stereocenters. The average Bonchev–Trinajstić information content (AvgIpc) is 2.56. The topological polar surface area (TPSA) is 38.3 Å². The second-order valence-electron chi connectivity index (χ2n) is 4.55. The predicted octanol–water partition coefficient (Wildman–Crippen LogP) is 3.10. The number of amides is 1. The Morgan fingerprint density at radius 2 is 2.06 bits per heavy atom. The molecule has 0 radical (unpaired) electrons. The lowest BCUT2D eigenvalue weighted by atomic mass is 9.94. The van der Waals surface area contributed by atoms with Crippen molar-refractivity contribution in [2.24, 2.45) is 11.8 Å². The van der Waals surface area contributed by atoms with Crippen LogP contribution in [0.1, 0.15) is 33.1 Å². The zero-order valence-electron chi connectivity index (χ0n) is 10.0. The summed E-state index contributed by atoms with van der Waals surface area (Å²) in [5, 5.41) is 2.50. The summed E-state index contributed by atoms with van der Waals surface area (Å²) in [5.74, 6) is 0.821. The van der Waals surface area contributed by atoms with Crippen molar-refractivity contribution in [3.63, 3.8) is 0 Å². The Morgan fingerprint density at radius 1 is 1.41 bits per heavy atom. The average molecular weight is 253 g/mol. The number of hydrogen-bond donors (Lipinski definition) is 1. The minimum atomic E-state index is -4.47. The molecule has 1 aliphatic carbocycles. The highest BCUT2D eigenvalue weighted by atomic mass is 19.4. The van der Waals surface area contributed by atoms with Crippen molar-refractivity contribution in [3.8, 4) is 0 Å². The Hall–Kier alpha value is -0.940. The summed E-state index contributed by atoms with van der Waals surface area (Å²) in [6, 6.07) is -0.0688. The molecule has 0 saturated heterocycles. The van der Waals surface area contributed by atoms with Crippen LogP contribution in [0.3, 0.4) is 0 Å². The molecule has 6 heteroatoms. The van der Waals surface area contributed by atoms with Crippen molar-refractivity contribution in [1.82, 2.24) is 5.32 Å². The van der Waals surface area contributed by atoms with E-state index in [1.165, 1.54) is 0 Å². The maximum absolute atomic E-state index is 11.8. The summed E-state index contributed by atoms with van der Waals surface area (Å²) in [7, 11) is 0. The van der Waals surface area contributed by atoms with Crippen molar-refractivity contribution in [2.75, 3.05) is 6.61 Å². The van der Waals surface area contributed by atoms with Crippen molar-refractivity contribution in [3.05, 3.63) is 0 Å². The van der Waals surface area contributed by atoms with Crippen LogP contribution in [-0.2, 0) is 4.74 Å². The van der Waals surface area contributed by atoms with Crippen LogP contribution in [-0.4, -0.2) is 24.9 Å². The van der Waals surface area contributed by atoms with Crippen LogP contribution in [0.15, 0.2) is 0 Å². The maximum atomic E-state index is 11.8. The molecule has 17 heavy (non-hydrogen) atoms. The third-order valence-corrected chi connectivity index (χ3v) is 3.42. The molecule has 1 rings (SSSR count). The van der Waals surface area contributed by atoms with Gasteiger partial charge < -0.3 is 10.1 Å². The fraction of sp³-hybridized carbons (Fsp3) is 0.909. The highest BCUT2D eigenvalue weighted by Gasteiger charge is 2.34. The summed E-state index contributed by atoms with van der Waals surface area (Å²) in [6.07, 6.45) is -2.61. The number of hydrogen-bond acceptors (Lipinski definition) is 2. The third kappa shape index (κ3) is 4.44. The first-order valence-electron chi connectivity index (χ1n) is 5.83. The lowest BCUT2D eigenvalue weighted by Crippen LogP contribution is -2.39. The summed E-state index contributed by atoms with van der Waals surface area (Å²) >= 11 is 0. The molecule has 0 aliphatic heterocycles. The molecule has 0 aromatic rings. The number of halogens is 3. The quantitative estimate of drug-likeness (QED) is 0.839. The number of rotatable bonds is 3. The molecule has 0 spiro atoms. The highest BCUT2D eigenvalue weighted by molar-refractivity contribution is 5.67. The minimum absolute atomic E-state index is 0.0688. The Kier molecular flexibility index (Phi) is 4.65. The predicted molar refractivity (Wildman–Crippen MR) is 56.5 cm³/mol. The first kappa shape index (κ1) is 14.1. The molecular formula is C11H18F3NO2. The van der Waals surface area contributed by atoms with Gasteiger partial charge in [-0.3, -0.25) is 0 Å². The largest absolute Gasteiger partial charge is 0.440 e. The lowest BCUT2D eigenvalue weighted by Gasteiger charge is -2.20. The van der Waals surface area contributed by atoms with Crippen LogP contribution in [0.5, 0.6) is 0 Å². The van der Waals surface area contributed by atoms with Crippen LogP contribution in [0.4, 0.5) is 18.0 Å².